The van der Waals surface area contributed by atoms with Crippen LogP contribution in [0.1, 0.15) is 64.9 Å². The molecule has 6 N–H and O–H groups in total. The lowest BCUT2D eigenvalue weighted by atomic mass is 9.88. The number of aliphatic hydroxyl groups excluding tert-OH is 2. The molecule has 1 heterocycles. The molecule has 5 atom stereocenters. The molecule has 11 heteroatoms. The lowest BCUT2D eigenvalue weighted by Crippen LogP contribution is -2.55. The molecule has 0 spiro atoms. The molecule has 52 heavy (non-hydrogen) atoms. The molecule has 0 aliphatic carbocycles. The molecular weight excluding hydrogens is 658 g/mol. The fraction of sp³-hybridized carbons (Fsp3) is 0.488. The summed E-state index contributed by atoms with van der Waals surface area (Å²) >= 11 is 0. The number of hydrogen-bond donors (Lipinski definition) is 6. The maximum Gasteiger partial charge on any atom is 0.407 e. The van der Waals surface area contributed by atoms with Gasteiger partial charge < -0.3 is 40.6 Å². The lowest BCUT2D eigenvalue weighted by molar-refractivity contribution is -0.141. The zero-order chi connectivity index (χ0) is 37.7. The summed E-state index contributed by atoms with van der Waals surface area (Å²) in [6, 6.07) is 25.8. The van der Waals surface area contributed by atoms with Crippen molar-refractivity contribution < 1.29 is 29.3 Å². The first-order valence-corrected chi connectivity index (χ1v) is 18.2. The van der Waals surface area contributed by atoms with Gasteiger partial charge in [-0.05, 0) is 68.7 Å². The smallest absolute Gasteiger partial charge is 0.407 e. The van der Waals surface area contributed by atoms with Crippen LogP contribution in [0.15, 0.2) is 84.9 Å². The molecule has 0 bridgehead atoms. The monoisotopic (exact) mass is 715 g/mol. The summed E-state index contributed by atoms with van der Waals surface area (Å²) in [5.74, 6) is 0.568. The number of aromatic nitrogens is 2. The molecule has 4 rings (SSSR count). The summed E-state index contributed by atoms with van der Waals surface area (Å²) in [7, 11) is 0. The van der Waals surface area contributed by atoms with Crippen molar-refractivity contribution in [2.24, 2.45) is 5.41 Å². The Morgan fingerprint density at radius 3 is 1.85 bits per heavy atom. The predicted octanol–water partition coefficient (Wildman–Crippen LogP) is 5.10. The Kier molecular flexibility index (Phi) is 14.8. The number of nitrogens with one attached hydrogen (secondary N) is 4. The number of carbonyl (C=O) groups is 2. The second-order valence-corrected chi connectivity index (χ2v) is 15.5. The summed E-state index contributed by atoms with van der Waals surface area (Å²) in [4.78, 5) is 34.5. The maximum atomic E-state index is 13.8. The summed E-state index contributed by atoms with van der Waals surface area (Å²) < 4.78 is 11.7. The van der Waals surface area contributed by atoms with Crippen LogP contribution in [0.3, 0.4) is 0 Å². The van der Waals surface area contributed by atoms with E-state index in [4.69, 9.17) is 9.47 Å². The number of aromatic amines is 1. The second-order valence-electron chi connectivity index (χ2n) is 15.5. The van der Waals surface area contributed by atoms with Gasteiger partial charge in [0, 0.05) is 26.1 Å². The maximum absolute atomic E-state index is 13.8. The largest absolute Gasteiger partial charge is 0.444 e. The molecule has 4 aromatic rings. The van der Waals surface area contributed by atoms with E-state index in [0.717, 1.165) is 28.0 Å². The van der Waals surface area contributed by atoms with Gasteiger partial charge in [0.2, 0.25) is 5.91 Å². The number of aliphatic hydroxyl groups is 2. The van der Waals surface area contributed by atoms with Gasteiger partial charge in [0.25, 0.3) is 0 Å². The minimum absolute atomic E-state index is 0.0787. The van der Waals surface area contributed by atoms with Crippen molar-refractivity contribution in [3.05, 3.63) is 102 Å². The van der Waals surface area contributed by atoms with Gasteiger partial charge in [0.05, 0.1) is 35.3 Å². The van der Waals surface area contributed by atoms with Crippen LogP contribution in [0, 0.1) is 5.41 Å². The van der Waals surface area contributed by atoms with E-state index in [1.807, 2.05) is 106 Å². The molecular formula is C41H57N5O6. The number of aryl methyl sites for hydroxylation is 1. The molecule has 0 fully saturated rings. The molecule has 0 radical (unpaired) electrons. The van der Waals surface area contributed by atoms with Gasteiger partial charge in [-0.15, -0.1) is 0 Å². The van der Waals surface area contributed by atoms with Crippen molar-refractivity contribution in [3.63, 3.8) is 0 Å². The van der Waals surface area contributed by atoms with Crippen LogP contribution in [0.4, 0.5) is 4.79 Å². The van der Waals surface area contributed by atoms with Crippen molar-refractivity contribution in [1.29, 1.82) is 0 Å². The number of benzene rings is 3. The van der Waals surface area contributed by atoms with Crippen LogP contribution < -0.4 is 16.0 Å². The number of imidazole rings is 1. The first-order valence-electron chi connectivity index (χ1n) is 18.2. The van der Waals surface area contributed by atoms with E-state index in [1.165, 1.54) is 0 Å². The Labute approximate surface area is 307 Å². The normalized spacial score (nSPS) is 15.0. The fourth-order valence-corrected chi connectivity index (χ4v) is 5.97. The van der Waals surface area contributed by atoms with Gasteiger partial charge in [-0.2, -0.15) is 0 Å². The van der Waals surface area contributed by atoms with Gasteiger partial charge in [-0.3, -0.25) is 4.79 Å². The summed E-state index contributed by atoms with van der Waals surface area (Å²) in [5.41, 5.74) is 2.60. The molecule has 2 amide bonds. The van der Waals surface area contributed by atoms with Crippen molar-refractivity contribution in [2.45, 2.75) is 103 Å². The molecule has 11 nitrogen and oxygen atoms in total. The molecule has 0 aliphatic rings. The minimum Gasteiger partial charge on any atom is -0.444 e. The van der Waals surface area contributed by atoms with Crippen LogP contribution in [-0.2, 0) is 33.5 Å². The van der Waals surface area contributed by atoms with E-state index in [1.54, 1.807) is 20.8 Å². The number of amides is 2. The number of rotatable bonds is 18. The lowest BCUT2D eigenvalue weighted by Gasteiger charge is -2.33. The Morgan fingerprint density at radius 1 is 0.769 bits per heavy atom. The van der Waals surface area contributed by atoms with Crippen LogP contribution in [0.25, 0.3) is 11.0 Å². The quantitative estimate of drug-likeness (QED) is 0.0777. The highest BCUT2D eigenvalue weighted by Gasteiger charge is 2.35. The van der Waals surface area contributed by atoms with Crippen molar-refractivity contribution in [3.8, 4) is 0 Å². The Balaban J connectivity index is 1.37. The van der Waals surface area contributed by atoms with Gasteiger partial charge >= 0.3 is 6.09 Å². The number of ether oxygens (including phenoxy) is 2. The number of fused-ring (bicyclic) bond motifs is 1. The minimum atomic E-state index is -1.00. The third-order valence-electron chi connectivity index (χ3n) is 8.57. The van der Waals surface area contributed by atoms with Crippen molar-refractivity contribution >= 4 is 23.0 Å². The van der Waals surface area contributed by atoms with E-state index in [2.05, 4.69) is 25.9 Å². The zero-order valence-corrected chi connectivity index (χ0v) is 31.4. The average molecular weight is 716 g/mol. The number of hydrogen-bond acceptors (Lipinski definition) is 8. The van der Waals surface area contributed by atoms with Gasteiger partial charge in [-0.1, -0.05) is 93.6 Å². The first kappa shape index (κ1) is 40.5. The summed E-state index contributed by atoms with van der Waals surface area (Å²) in [6.07, 6.45) is -1.26. The molecule has 0 saturated carbocycles. The SMILES string of the molecule is CC(C)(C)OC(=O)N[C@@H](Cc1ccccc1)[C@H](O)CNC[C@@H](O)[C@H](Cc1ccccc1)NC(=O)C(OCCCc1nc2ccccc2[nH]1)C(C)(C)C. The number of H-pyrrole nitrogens is 1. The van der Waals surface area contributed by atoms with E-state index in [9.17, 15) is 19.8 Å². The zero-order valence-electron chi connectivity index (χ0n) is 31.4. The second kappa shape index (κ2) is 19.0. The standard InChI is InChI=1S/C41H57N5O6/c1-40(2,3)37(51-23-15-22-36-43-30-20-13-14-21-31(30)44-36)38(49)45-32(24-28-16-9-7-10-17-28)34(47)26-42-27-35(48)33(25-29-18-11-8-12-19-29)46-39(50)52-41(4,5)6/h7-14,16-21,32-35,37,42,47-48H,15,22-27H2,1-6H3,(H,43,44)(H,45,49)(H,46,50)/t32-,33-,34+,35+,37?/m0/s1. The predicted molar refractivity (Wildman–Crippen MR) is 204 cm³/mol. The summed E-state index contributed by atoms with van der Waals surface area (Å²) in [5, 5.41) is 31.7. The molecule has 3 aromatic carbocycles. The molecule has 1 unspecified atom stereocenters. The van der Waals surface area contributed by atoms with E-state index < -0.39 is 47.5 Å². The molecule has 282 valence electrons. The van der Waals surface area contributed by atoms with Crippen molar-refractivity contribution in [1.82, 2.24) is 25.9 Å². The van der Waals surface area contributed by atoms with Gasteiger partial charge in [0.15, 0.2) is 0 Å². The van der Waals surface area contributed by atoms with E-state index in [0.29, 0.717) is 32.3 Å². The van der Waals surface area contributed by atoms with Crippen LogP contribution in [0.5, 0.6) is 0 Å². The molecule has 0 aliphatic heterocycles. The number of nitrogens with zero attached hydrogens (tertiary/aromatic N) is 1. The summed E-state index contributed by atoms with van der Waals surface area (Å²) in [6.45, 7) is 11.7. The molecule has 0 saturated heterocycles. The average Bonchev–Trinajstić information content (AvgIpc) is 3.50. The van der Waals surface area contributed by atoms with Gasteiger partial charge in [-0.25, -0.2) is 9.78 Å². The van der Waals surface area contributed by atoms with Crippen molar-refractivity contribution in [2.75, 3.05) is 19.7 Å². The molecule has 1 aromatic heterocycles. The van der Waals surface area contributed by atoms with E-state index in [-0.39, 0.29) is 19.0 Å². The van der Waals surface area contributed by atoms with Gasteiger partial charge in [0.1, 0.15) is 17.5 Å². The highest BCUT2D eigenvalue weighted by Crippen LogP contribution is 2.24. The Bertz CT molecular complexity index is 1630. The van der Waals surface area contributed by atoms with Crippen LogP contribution in [-0.4, -0.2) is 87.9 Å². The van der Waals surface area contributed by atoms with Crippen LogP contribution in [0.2, 0.25) is 0 Å². The fourth-order valence-electron chi connectivity index (χ4n) is 5.97. The van der Waals surface area contributed by atoms with E-state index >= 15 is 0 Å². The Morgan fingerprint density at radius 2 is 1.31 bits per heavy atom. The third-order valence-corrected chi connectivity index (χ3v) is 8.57. The highest BCUT2D eigenvalue weighted by molar-refractivity contribution is 5.82. The third kappa shape index (κ3) is 13.4. The number of alkyl carbamates (subject to hydrolysis) is 1. The topological polar surface area (TPSA) is 158 Å². The Hall–Kier alpha value is -4.29. The number of carbonyl (C=O) groups excluding carboxylic acids is 2. The number of para-hydroxylation sites is 2. The van der Waals surface area contributed by atoms with Crippen LogP contribution >= 0.6 is 0 Å². The highest BCUT2D eigenvalue weighted by atomic mass is 16.6. The first-order chi connectivity index (χ1) is 24.7.